The average molecular weight is 331 g/mol. The molecule has 2 aromatic rings. The predicted octanol–water partition coefficient (Wildman–Crippen LogP) is 0.860. The maximum Gasteiger partial charge on any atom is 0.222 e. The molecule has 0 amide bonds. The molecule has 2 aliphatic rings. The molecule has 4 rings (SSSR count). The fourth-order valence-corrected chi connectivity index (χ4v) is 3.28. The van der Waals surface area contributed by atoms with Gasteiger partial charge >= 0.3 is 0 Å². The molecule has 128 valence electrons. The van der Waals surface area contributed by atoms with Crippen molar-refractivity contribution in [3.05, 3.63) is 24.8 Å². The summed E-state index contributed by atoms with van der Waals surface area (Å²) in [6.07, 6.45) is 6.18. The highest BCUT2D eigenvalue weighted by atomic mass is 16.6. The van der Waals surface area contributed by atoms with Gasteiger partial charge < -0.3 is 24.5 Å². The molecular formula is C16H21N5O3. The Morgan fingerprint density at radius 3 is 2.67 bits per heavy atom. The van der Waals surface area contributed by atoms with Crippen LogP contribution in [0.5, 0.6) is 0 Å². The normalized spacial score (nSPS) is 29.2. The monoisotopic (exact) mass is 331 g/mol. The Morgan fingerprint density at radius 2 is 1.92 bits per heavy atom. The number of aliphatic hydroxyl groups is 1. The number of nitrogens with zero attached hydrogens (tertiary/aromatic N) is 4. The average Bonchev–Trinajstić information content (AvgIpc) is 3.25. The van der Waals surface area contributed by atoms with Crippen molar-refractivity contribution in [2.45, 2.75) is 44.2 Å². The molecule has 2 fully saturated rings. The number of aliphatic hydroxyl groups excluding tert-OH is 1. The molecule has 0 radical (unpaired) electrons. The zero-order chi connectivity index (χ0) is 16.7. The smallest absolute Gasteiger partial charge is 0.222 e. The Hall–Kier alpha value is -2.03. The number of ether oxygens (including phenoxy) is 2. The van der Waals surface area contributed by atoms with Gasteiger partial charge in [0.25, 0.3) is 0 Å². The highest BCUT2D eigenvalue weighted by Crippen LogP contribution is 2.36. The van der Waals surface area contributed by atoms with Gasteiger partial charge in [0.2, 0.25) is 5.95 Å². The summed E-state index contributed by atoms with van der Waals surface area (Å²) in [6.45, 7) is 4.88. The Balaban J connectivity index is 1.59. The summed E-state index contributed by atoms with van der Waals surface area (Å²) in [5.74, 6) is 1.36. The Labute approximate surface area is 139 Å². The van der Waals surface area contributed by atoms with Crippen molar-refractivity contribution >= 4 is 5.95 Å². The fourth-order valence-electron chi connectivity index (χ4n) is 3.28. The molecule has 0 unspecified atom stereocenters. The van der Waals surface area contributed by atoms with E-state index in [9.17, 15) is 5.11 Å². The quantitative estimate of drug-likeness (QED) is 0.858. The van der Waals surface area contributed by atoms with E-state index < -0.39 is 6.10 Å². The van der Waals surface area contributed by atoms with Gasteiger partial charge in [-0.3, -0.25) is 0 Å². The second kappa shape index (κ2) is 6.12. The van der Waals surface area contributed by atoms with Crippen molar-refractivity contribution in [2.24, 2.45) is 0 Å². The van der Waals surface area contributed by atoms with E-state index >= 15 is 0 Å². The molecule has 2 aromatic heterocycles. The third-order valence-corrected chi connectivity index (χ3v) is 4.35. The molecule has 8 heteroatoms. The van der Waals surface area contributed by atoms with Crippen LogP contribution >= 0.6 is 0 Å². The highest BCUT2D eigenvalue weighted by molar-refractivity contribution is 5.54. The van der Waals surface area contributed by atoms with Gasteiger partial charge in [-0.05, 0) is 13.8 Å². The lowest BCUT2D eigenvalue weighted by Crippen LogP contribution is -2.30. The van der Waals surface area contributed by atoms with Crippen molar-refractivity contribution in [2.75, 3.05) is 18.5 Å². The molecule has 2 N–H and O–H groups in total. The van der Waals surface area contributed by atoms with Gasteiger partial charge in [0, 0.05) is 30.8 Å². The van der Waals surface area contributed by atoms with Crippen LogP contribution in [-0.2, 0) is 9.47 Å². The summed E-state index contributed by atoms with van der Waals surface area (Å²) in [5, 5.41) is 13.1. The standard InChI is InChI=1S/C16H21N5O3/c1-9(2)20-16-18-5-10(6-19-16)15-17-3-4-21(15)11-7-23-14-12(22)8-24-13(11)14/h3-6,9,11-14,22H,7-8H2,1-2H3,(H,18,19,20)/t11-,12-,13-,14-/m1/s1. The summed E-state index contributed by atoms with van der Waals surface area (Å²) in [4.78, 5) is 13.1. The van der Waals surface area contributed by atoms with E-state index in [4.69, 9.17) is 9.47 Å². The van der Waals surface area contributed by atoms with Crippen LogP contribution in [0.2, 0.25) is 0 Å². The number of hydrogen-bond acceptors (Lipinski definition) is 7. The Kier molecular flexibility index (Phi) is 3.95. The number of imidazole rings is 1. The second-order valence-corrected chi connectivity index (χ2v) is 6.48. The SMILES string of the molecule is CC(C)Nc1ncc(-c2nccn2[C@@H]2CO[C@H]3[C@@H]2OC[C@H]3O)cn1. The molecule has 0 aliphatic carbocycles. The van der Waals surface area contributed by atoms with Gasteiger partial charge in [0.05, 0.1) is 24.8 Å². The van der Waals surface area contributed by atoms with Crippen LogP contribution in [0, 0.1) is 0 Å². The van der Waals surface area contributed by atoms with Crippen LogP contribution in [0.15, 0.2) is 24.8 Å². The maximum atomic E-state index is 9.90. The first-order valence-corrected chi connectivity index (χ1v) is 8.16. The lowest BCUT2D eigenvalue weighted by molar-refractivity contribution is 0.0172. The van der Waals surface area contributed by atoms with Gasteiger partial charge in [0.15, 0.2) is 0 Å². The van der Waals surface area contributed by atoms with Crippen LogP contribution in [0.3, 0.4) is 0 Å². The number of rotatable bonds is 4. The summed E-state index contributed by atoms with van der Waals surface area (Å²) >= 11 is 0. The molecule has 0 spiro atoms. The third kappa shape index (κ3) is 2.66. The van der Waals surface area contributed by atoms with Crippen LogP contribution in [0.25, 0.3) is 11.4 Å². The molecule has 4 atom stereocenters. The number of aromatic nitrogens is 4. The first-order chi connectivity index (χ1) is 11.6. The van der Waals surface area contributed by atoms with E-state index in [1.54, 1.807) is 18.6 Å². The Bertz CT molecular complexity index is 702. The van der Waals surface area contributed by atoms with E-state index in [2.05, 4.69) is 20.3 Å². The largest absolute Gasteiger partial charge is 0.388 e. The highest BCUT2D eigenvalue weighted by Gasteiger charge is 2.48. The van der Waals surface area contributed by atoms with Crippen molar-refractivity contribution < 1.29 is 14.6 Å². The lowest BCUT2D eigenvalue weighted by Gasteiger charge is -2.19. The lowest BCUT2D eigenvalue weighted by atomic mass is 10.1. The van der Waals surface area contributed by atoms with Gasteiger partial charge in [-0.25, -0.2) is 15.0 Å². The molecule has 0 saturated carbocycles. The summed E-state index contributed by atoms with van der Waals surface area (Å²) in [7, 11) is 0. The minimum atomic E-state index is -0.559. The van der Waals surface area contributed by atoms with Crippen LogP contribution < -0.4 is 5.32 Å². The van der Waals surface area contributed by atoms with E-state index in [0.717, 1.165) is 11.4 Å². The zero-order valence-corrected chi connectivity index (χ0v) is 13.7. The molecule has 0 aromatic carbocycles. The number of anilines is 1. The summed E-state index contributed by atoms with van der Waals surface area (Å²) < 4.78 is 13.5. The van der Waals surface area contributed by atoms with Crippen molar-refractivity contribution in [1.29, 1.82) is 0 Å². The predicted molar refractivity (Wildman–Crippen MR) is 86.5 cm³/mol. The van der Waals surface area contributed by atoms with Gasteiger partial charge in [-0.2, -0.15) is 0 Å². The number of hydrogen-bond donors (Lipinski definition) is 2. The van der Waals surface area contributed by atoms with E-state index in [0.29, 0.717) is 19.2 Å². The molecule has 8 nitrogen and oxygen atoms in total. The molecular weight excluding hydrogens is 310 g/mol. The number of fused-ring (bicyclic) bond motifs is 1. The van der Waals surface area contributed by atoms with Gasteiger partial charge in [-0.1, -0.05) is 0 Å². The molecule has 2 aliphatic heterocycles. The molecule has 0 bridgehead atoms. The minimum Gasteiger partial charge on any atom is -0.388 e. The van der Waals surface area contributed by atoms with Gasteiger partial charge in [0.1, 0.15) is 24.1 Å². The molecule has 4 heterocycles. The van der Waals surface area contributed by atoms with Crippen LogP contribution in [0.4, 0.5) is 5.95 Å². The van der Waals surface area contributed by atoms with E-state index in [1.807, 2.05) is 24.6 Å². The summed E-state index contributed by atoms with van der Waals surface area (Å²) in [5.41, 5.74) is 0.830. The number of nitrogens with one attached hydrogen (secondary N) is 1. The van der Waals surface area contributed by atoms with Crippen LogP contribution in [-0.4, -0.2) is 62.2 Å². The first kappa shape index (κ1) is 15.5. The fraction of sp³-hybridized carbons (Fsp3) is 0.562. The topological polar surface area (TPSA) is 94.3 Å². The minimum absolute atomic E-state index is 0.0156. The maximum absolute atomic E-state index is 9.90. The van der Waals surface area contributed by atoms with E-state index in [-0.39, 0.29) is 24.3 Å². The summed E-state index contributed by atoms with van der Waals surface area (Å²) in [6, 6.07) is 0.259. The van der Waals surface area contributed by atoms with Crippen molar-refractivity contribution in [3.8, 4) is 11.4 Å². The Morgan fingerprint density at radius 1 is 1.17 bits per heavy atom. The van der Waals surface area contributed by atoms with E-state index in [1.165, 1.54) is 0 Å². The zero-order valence-electron chi connectivity index (χ0n) is 13.7. The molecule has 2 saturated heterocycles. The van der Waals surface area contributed by atoms with Gasteiger partial charge in [-0.15, -0.1) is 0 Å². The molecule has 24 heavy (non-hydrogen) atoms. The van der Waals surface area contributed by atoms with Crippen molar-refractivity contribution in [3.63, 3.8) is 0 Å². The van der Waals surface area contributed by atoms with Crippen molar-refractivity contribution in [1.82, 2.24) is 19.5 Å². The second-order valence-electron chi connectivity index (χ2n) is 6.48. The third-order valence-electron chi connectivity index (χ3n) is 4.35. The van der Waals surface area contributed by atoms with Crippen LogP contribution in [0.1, 0.15) is 19.9 Å². The first-order valence-electron chi connectivity index (χ1n) is 8.16.